The Morgan fingerprint density at radius 2 is 1.65 bits per heavy atom. The highest BCUT2D eigenvalue weighted by Gasteiger charge is 2.38. The predicted molar refractivity (Wildman–Crippen MR) is 140 cm³/mol. The van der Waals surface area contributed by atoms with Crippen molar-refractivity contribution < 1.29 is 9.52 Å². The summed E-state index contributed by atoms with van der Waals surface area (Å²) in [5.74, 6) is 0.965. The highest BCUT2D eigenvalue weighted by Crippen LogP contribution is 2.49. The lowest BCUT2D eigenvalue weighted by Gasteiger charge is -2.22. The van der Waals surface area contributed by atoms with Gasteiger partial charge in [-0.05, 0) is 80.1 Å². The smallest absolute Gasteiger partial charge is 0.343 e. The van der Waals surface area contributed by atoms with E-state index in [1.807, 2.05) is 54.6 Å². The maximum atomic E-state index is 13.1. The first-order chi connectivity index (χ1) is 16.6. The van der Waals surface area contributed by atoms with Gasteiger partial charge in [0.15, 0.2) is 5.11 Å². The van der Waals surface area contributed by atoms with Gasteiger partial charge in [0.05, 0.1) is 5.56 Å². The summed E-state index contributed by atoms with van der Waals surface area (Å²) in [4.78, 5) is 13.1. The summed E-state index contributed by atoms with van der Waals surface area (Å²) in [5.41, 5.74) is 3.60. The van der Waals surface area contributed by atoms with Gasteiger partial charge in [0.25, 0.3) is 0 Å². The fourth-order valence-electron chi connectivity index (χ4n) is 5.02. The van der Waals surface area contributed by atoms with E-state index in [-0.39, 0.29) is 11.7 Å². The molecule has 2 aromatic carbocycles. The highest BCUT2D eigenvalue weighted by atomic mass is 32.1. The van der Waals surface area contributed by atoms with Gasteiger partial charge in [0, 0.05) is 29.3 Å². The second-order valence-electron chi connectivity index (χ2n) is 9.35. The second kappa shape index (κ2) is 10.0. The van der Waals surface area contributed by atoms with Crippen molar-refractivity contribution in [2.45, 2.75) is 57.3 Å². The van der Waals surface area contributed by atoms with Gasteiger partial charge in [-0.1, -0.05) is 43.2 Å². The van der Waals surface area contributed by atoms with Crippen LogP contribution >= 0.6 is 12.2 Å². The molecule has 3 N–H and O–H groups in total. The van der Waals surface area contributed by atoms with Gasteiger partial charge in [0.1, 0.15) is 11.5 Å². The van der Waals surface area contributed by atoms with Gasteiger partial charge in [-0.2, -0.15) is 0 Å². The van der Waals surface area contributed by atoms with Gasteiger partial charge >= 0.3 is 5.63 Å². The molecule has 0 saturated heterocycles. The quantitative estimate of drug-likeness (QED) is 0.374. The van der Waals surface area contributed by atoms with Crippen LogP contribution < -0.4 is 16.3 Å². The van der Waals surface area contributed by atoms with Gasteiger partial charge in [-0.15, -0.1) is 0 Å². The number of fused-ring (bicyclic) bond motifs is 1. The Labute approximate surface area is 205 Å². The van der Waals surface area contributed by atoms with Gasteiger partial charge < -0.3 is 20.2 Å². The Hall–Kier alpha value is -3.12. The van der Waals surface area contributed by atoms with Crippen molar-refractivity contribution in [3.63, 3.8) is 0 Å². The van der Waals surface area contributed by atoms with Crippen LogP contribution in [0.4, 0.5) is 11.4 Å². The average Bonchev–Trinajstić information content (AvgIpc) is 3.64. The topological polar surface area (TPSA) is 74.5 Å². The number of benzene rings is 2. The predicted octanol–water partition coefficient (Wildman–Crippen LogP) is 6.36. The monoisotopic (exact) mass is 474 g/mol. The minimum atomic E-state index is -0.395. The Bertz CT molecular complexity index is 1230. The molecule has 1 saturated carbocycles. The molecule has 1 unspecified atom stereocenters. The molecule has 3 aromatic rings. The minimum absolute atomic E-state index is 0.157. The van der Waals surface area contributed by atoms with Crippen molar-refractivity contribution >= 4 is 28.7 Å². The molecule has 5 nitrogen and oxygen atoms in total. The fraction of sp³-hybridized carbons (Fsp3) is 0.357. The number of hydrogen-bond donors (Lipinski definition) is 3. The molecule has 176 valence electrons. The lowest BCUT2D eigenvalue weighted by atomic mass is 9.85. The third kappa shape index (κ3) is 5.02. The molecule has 2 aliphatic rings. The molecule has 0 bridgehead atoms. The summed E-state index contributed by atoms with van der Waals surface area (Å²) < 4.78 is 5.83. The minimum Gasteiger partial charge on any atom is -0.507 e. The van der Waals surface area contributed by atoms with E-state index < -0.39 is 5.63 Å². The Kier molecular flexibility index (Phi) is 6.68. The maximum absolute atomic E-state index is 13.1. The van der Waals surface area contributed by atoms with Crippen LogP contribution in [0.15, 0.2) is 63.8 Å². The average molecular weight is 475 g/mol. The SMILES string of the molecule is O=c1oc2c(c(O)c1C(c1cccc(NC(=S)Nc3ccccc3)c1)C1CC1)CCCCCC2. The zero-order chi connectivity index (χ0) is 23.5. The number of aromatic hydroxyl groups is 1. The largest absolute Gasteiger partial charge is 0.507 e. The van der Waals surface area contributed by atoms with E-state index in [1.54, 1.807) is 0 Å². The summed E-state index contributed by atoms with van der Waals surface area (Å²) in [7, 11) is 0. The molecule has 1 atom stereocenters. The van der Waals surface area contributed by atoms with E-state index in [0.29, 0.717) is 22.4 Å². The van der Waals surface area contributed by atoms with Gasteiger partial charge in [-0.25, -0.2) is 4.79 Å². The Morgan fingerprint density at radius 1 is 0.941 bits per heavy atom. The lowest BCUT2D eigenvalue weighted by molar-refractivity contribution is 0.382. The van der Waals surface area contributed by atoms with Crippen LogP contribution in [0.5, 0.6) is 5.75 Å². The maximum Gasteiger partial charge on any atom is 0.343 e. The second-order valence-corrected chi connectivity index (χ2v) is 9.76. The third-order valence-corrected chi connectivity index (χ3v) is 7.04. The summed E-state index contributed by atoms with van der Waals surface area (Å²) >= 11 is 5.49. The van der Waals surface area contributed by atoms with Crippen molar-refractivity contribution in [1.82, 2.24) is 0 Å². The first-order valence-electron chi connectivity index (χ1n) is 12.2. The molecule has 34 heavy (non-hydrogen) atoms. The molecular weight excluding hydrogens is 444 g/mol. The zero-order valence-corrected chi connectivity index (χ0v) is 20.0. The van der Waals surface area contributed by atoms with Crippen molar-refractivity contribution in [1.29, 1.82) is 0 Å². The fourth-order valence-corrected chi connectivity index (χ4v) is 5.26. The lowest BCUT2D eigenvalue weighted by Crippen LogP contribution is -2.20. The van der Waals surface area contributed by atoms with E-state index in [2.05, 4.69) is 10.6 Å². The van der Waals surface area contributed by atoms with Crippen LogP contribution in [0, 0.1) is 5.92 Å². The molecule has 0 amide bonds. The first-order valence-corrected chi connectivity index (χ1v) is 12.6. The summed E-state index contributed by atoms with van der Waals surface area (Å²) in [5, 5.41) is 18.2. The van der Waals surface area contributed by atoms with E-state index in [4.69, 9.17) is 16.6 Å². The molecule has 1 fully saturated rings. The molecule has 0 aliphatic heterocycles. The molecule has 5 rings (SSSR count). The van der Waals surface area contributed by atoms with E-state index in [9.17, 15) is 9.90 Å². The third-order valence-electron chi connectivity index (χ3n) is 6.83. The molecule has 1 aromatic heterocycles. The molecular formula is C28H30N2O3S. The number of hydrogen-bond acceptors (Lipinski definition) is 4. The van der Waals surface area contributed by atoms with Crippen molar-refractivity contribution in [2.24, 2.45) is 5.92 Å². The molecule has 2 aliphatic carbocycles. The number of anilines is 2. The van der Waals surface area contributed by atoms with Crippen LogP contribution in [0.25, 0.3) is 0 Å². The van der Waals surface area contributed by atoms with E-state index in [0.717, 1.165) is 73.9 Å². The number of thiocarbonyl (C=S) groups is 1. The van der Waals surface area contributed by atoms with Crippen LogP contribution in [0.3, 0.4) is 0 Å². The van der Waals surface area contributed by atoms with Crippen LogP contribution in [0.2, 0.25) is 0 Å². The summed E-state index contributed by atoms with van der Waals surface area (Å²) in [6, 6.07) is 17.7. The Balaban J connectivity index is 1.45. The summed E-state index contributed by atoms with van der Waals surface area (Å²) in [6.45, 7) is 0. The standard InChI is InChI=1S/C28H30N2O3S/c31-26-22-13-6-1-2-7-14-23(22)33-27(32)25(26)24(18-15-16-18)19-9-8-12-21(17-19)30-28(34)29-20-10-4-3-5-11-20/h3-5,8-12,17-18,24,31H,1-2,6-7,13-16H2,(H2,29,30,34). The molecule has 6 heteroatoms. The van der Waals surface area contributed by atoms with Crippen LogP contribution in [0.1, 0.15) is 66.9 Å². The van der Waals surface area contributed by atoms with E-state index in [1.165, 1.54) is 0 Å². The molecule has 0 radical (unpaired) electrons. The summed E-state index contributed by atoms with van der Waals surface area (Å²) in [6.07, 6.45) is 7.83. The van der Waals surface area contributed by atoms with Crippen molar-refractivity contribution in [3.05, 3.63) is 87.5 Å². The van der Waals surface area contributed by atoms with Crippen LogP contribution in [-0.2, 0) is 12.8 Å². The number of rotatable bonds is 5. The number of aryl methyl sites for hydroxylation is 1. The van der Waals surface area contributed by atoms with Gasteiger partial charge in [0.2, 0.25) is 0 Å². The van der Waals surface area contributed by atoms with Crippen LogP contribution in [-0.4, -0.2) is 10.2 Å². The molecule has 1 heterocycles. The van der Waals surface area contributed by atoms with Crippen molar-refractivity contribution in [2.75, 3.05) is 10.6 Å². The van der Waals surface area contributed by atoms with E-state index >= 15 is 0 Å². The van der Waals surface area contributed by atoms with Gasteiger partial charge in [-0.3, -0.25) is 0 Å². The Morgan fingerprint density at radius 3 is 2.41 bits per heavy atom. The first kappa shape index (κ1) is 22.7. The highest BCUT2D eigenvalue weighted by molar-refractivity contribution is 7.80. The normalized spacial score (nSPS) is 16.6. The van der Waals surface area contributed by atoms with Crippen molar-refractivity contribution in [3.8, 4) is 5.75 Å². The number of para-hydroxylation sites is 1. The zero-order valence-electron chi connectivity index (χ0n) is 19.2. The number of nitrogens with one attached hydrogen (secondary N) is 2. The molecule has 0 spiro atoms.